The predicted molar refractivity (Wildman–Crippen MR) is 231 cm³/mol. The lowest BCUT2D eigenvalue weighted by Gasteiger charge is -2.43. The number of carbonyl (C=O) groups excluding carboxylic acids is 3. The van der Waals surface area contributed by atoms with Gasteiger partial charge in [-0.3, -0.25) is 44.2 Å². The van der Waals surface area contributed by atoms with Crippen LogP contribution in [0.2, 0.25) is 0 Å². The summed E-state index contributed by atoms with van der Waals surface area (Å²) in [6.45, 7) is 1.29. The number of aromatic amines is 1. The SMILES string of the molecule is COc1ccc(C(O[C@@H]2CO[C@@H](n3cnc4c(=O)[nH]c(NC(C)=O)nc43)[C@H](OC(=O)CCCCCC(=O)Oc3ccc([N+](=O)[O-])cc3)C2)(c2ccccc2)c2ccc(OC)cc2)cc1. The molecule has 1 saturated heterocycles. The smallest absolute Gasteiger partial charge is 0.311 e. The van der Waals surface area contributed by atoms with E-state index in [1.165, 1.54) is 42.1 Å². The van der Waals surface area contributed by atoms with Crippen molar-refractivity contribution in [2.24, 2.45) is 0 Å². The van der Waals surface area contributed by atoms with Gasteiger partial charge in [0.25, 0.3) is 11.2 Å². The Morgan fingerprint density at radius 1 is 0.844 bits per heavy atom. The van der Waals surface area contributed by atoms with Crippen molar-refractivity contribution in [3.63, 3.8) is 0 Å². The number of H-pyrrole nitrogens is 1. The molecule has 18 heteroatoms. The highest BCUT2D eigenvalue weighted by molar-refractivity contribution is 5.87. The van der Waals surface area contributed by atoms with Crippen molar-refractivity contribution < 1.29 is 47.7 Å². The summed E-state index contributed by atoms with van der Waals surface area (Å²) in [5.74, 6) is -0.104. The summed E-state index contributed by atoms with van der Waals surface area (Å²) < 4.78 is 37.8. The van der Waals surface area contributed by atoms with E-state index in [1.807, 2.05) is 78.9 Å². The summed E-state index contributed by atoms with van der Waals surface area (Å²) >= 11 is 0. The Morgan fingerprint density at radius 2 is 1.44 bits per heavy atom. The third kappa shape index (κ3) is 10.3. The van der Waals surface area contributed by atoms with E-state index in [1.54, 1.807) is 14.2 Å². The minimum absolute atomic E-state index is 0.00701. The normalized spacial score (nSPS) is 16.1. The Balaban J connectivity index is 1.14. The van der Waals surface area contributed by atoms with Gasteiger partial charge in [0.1, 0.15) is 29.0 Å². The molecule has 1 fully saturated rings. The topological polar surface area (TPSA) is 225 Å². The standard InChI is InChI=1S/C46H46N6O12/c1-29(53)48-45-49-42-41(43(56)50-45)47-28-51(42)44-38(63-40(55)13-9-5-8-12-39(54)62-36-24-18-33(19-25-36)52(57)58)26-37(27-61-44)64-46(30-10-6-4-7-11-30,31-14-20-34(59-2)21-15-31)32-16-22-35(60-3)23-17-32/h4,6-7,10-11,14-25,28,37-38,44H,5,8-9,12-13,26-27H2,1-3H3,(H2,48,49,50,53,56)/t37-,38+,44+/m0/s1. The van der Waals surface area contributed by atoms with Crippen molar-refractivity contribution in [2.75, 3.05) is 26.1 Å². The molecule has 7 rings (SSSR count). The lowest BCUT2D eigenvalue weighted by Crippen LogP contribution is -2.46. The summed E-state index contributed by atoms with van der Waals surface area (Å²) in [5, 5.41) is 13.4. The molecule has 332 valence electrons. The fourth-order valence-corrected chi connectivity index (χ4v) is 7.58. The van der Waals surface area contributed by atoms with Gasteiger partial charge in [0.2, 0.25) is 11.9 Å². The van der Waals surface area contributed by atoms with E-state index >= 15 is 0 Å². The third-order valence-corrected chi connectivity index (χ3v) is 10.6. The van der Waals surface area contributed by atoms with E-state index in [4.69, 9.17) is 28.4 Å². The Hall–Kier alpha value is -7.44. The van der Waals surface area contributed by atoms with Gasteiger partial charge in [-0.05, 0) is 65.9 Å². The van der Waals surface area contributed by atoms with Crippen LogP contribution in [0.5, 0.6) is 17.2 Å². The van der Waals surface area contributed by atoms with Gasteiger partial charge in [-0.2, -0.15) is 4.98 Å². The number of aromatic nitrogens is 4. The van der Waals surface area contributed by atoms with Crippen molar-refractivity contribution in [1.82, 2.24) is 19.5 Å². The van der Waals surface area contributed by atoms with E-state index in [9.17, 15) is 29.3 Å². The van der Waals surface area contributed by atoms with Crippen molar-refractivity contribution in [2.45, 2.75) is 69.5 Å². The van der Waals surface area contributed by atoms with Crippen molar-refractivity contribution >= 4 is 40.6 Å². The number of rotatable bonds is 18. The predicted octanol–water partition coefficient (Wildman–Crippen LogP) is 6.77. The number of nitrogens with zero attached hydrogens (tertiary/aromatic N) is 4. The fraction of sp³-hybridized carbons (Fsp3) is 0.304. The van der Waals surface area contributed by atoms with Crippen LogP contribution in [0.25, 0.3) is 11.2 Å². The maximum atomic E-state index is 13.7. The van der Waals surface area contributed by atoms with Crippen LogP contribution in [0.4, 0.5) is 11.6 Å². The van der Waals surface area contributed by atoms with Crippen LogP contribution >= 0.6 is 0 Å². The molecule has 0 radical (unpaired) electrons. The molecular weight excluding hydrogens is 829 g/mol. The molecule has 64 heavy (non-hydrogen) atoms. The summed E-state index contributed by atoms with van der Waals surface area (Å²) in [6, 6.07) is 30.1. The highest BCUT2D eigenvalue weighted by atomic mass is 16.6. The highest BCUT2D eigenvalue weighted by Gasteiger charge is 2.44. The zero-order chi connectivity index (χ0) is 45.2. The second-order valence-corrected chi connectivity index (χ2v) is 14.9. The second-order valence-electron chi connectivity index (χ2n) is 14.9. The molecule has 1 aliphatic heterocycles. The fourth-order valence-electron chi connectivity index (χ4n) is 7.58. The van der Waals surface area contributed by atoms with Crippen molar-refractivity contribution in [1.29, 1.82) is 0 Å². The molecule has 0 unspecified atom stereocenters. The van der Waals surface area contributed by atoms with Gasteiger partial charge in [0.05, 0.1) is 38.2 Å². The van der Waals surface area contributed by atoms with Crippen LogP contribution in [0.1, 0.15) is 68.4 Å². The number of ether oxygens (including phenoxy) is 6. The maximum absolute atomic E-state index is 13.7. The minimum atomic E-state index is -1.22. The number of nitro benzene ring substituents is 1. The van der Waals surface area contributed by atoms with Crippen molar-refractivity contribution in [3.8, 4) is 17.2 Å². The first-order valence-electron chi connectivity index (χ1n) is 20.5. The number of nitrogens with one attached hydrogen (secondary N) is 2. The van der Waals surface area contributed by atoms with Crippen LogP contribution in [0.3, 0.4) is 0 Å². The van der Waals surface area contributed by atoms with Gasteiger partial charge in [0, 0.05) is 38.3 Å². The number of methoxy groups -OCH3 is 2. The number of benzene rings is 4. The molecule has 3 atom stereocenters. The highest BCUT2D eigenvalue weighted by Crippen LogP contribution is 2.44. The molecule has 3 heterocycles. The van der Waals surface area contributed by atoms with Gasteiger partial charge >= 0.3 is 11.9 Å². The quantitative estimate of drug-likeness (QED) is 0.0227. The third-order valence-electron chi connectivity index (χ3n) is 10.6. The molecule has 2 aromatic heterocycles. The number of imidazole rings is 1. The molecule has 0 saturated carbocycles. The first kappa shape index (κ1) is 44.6. The molecule has 0 aliphatic carbocycles. The van der Waals surface area contributed by atoms with Crippen LogP contribution in [-0.4, -0.2) is 75.3 Å². The van der Waals surface area contributed by atoms with Gasteiger partial charge in [0.15, 0.2) is 17.4 Å². The summed E-state index contributed by atoms with van der Waals surface area (Å²) in [4.78, 5) is 72.7. The Labute approximate surface area is 366 Å². The zero-order valence-electron chi connectivity index (χ0n) is 35.3. The number of anilines is 1. The average Bonchev–Trinajstić information content (AvgIpc) is 3.72. The molecule has 4 aromatic carbocycles. The number of unbranched alkanes of at least 4 members (excludes halogenated alkanes) is 2. The second kappa shape index (κ2) is 20.2. The summed E-state index contributed by atoms with van der Waals surface area (Å²) in [7, 11) is 3.18. The lowest BCUT2D eigenvalue weighted by atomic mass is 9.79. The van der Waals surface area contributed by atoms with Crippen molar-refractivity contribution in [3.05, 3.63) is 147 Å². The number of hydrogen-bond acceptors (Lipinski definition) is 14. The van der Waals surface area contributed by atoms with Gasteiger partial charge in [-0.1, -0.05) is 61.0 Å². The van der Waals surface area contributed by atoms with Gasteiger partial charge < -0.3 is 28.4 Å². The summed E-state index contributed by atoms with van der Waals surface area (Å²) in [5.41, 5.74) is 0.513. The molecule has 2 N–H and O–H groups in total. The van der Waals surface area contributed by atoms with E-state index in [0.717, 1.165) is 16.7 Å². The molecule has 0 bridgehead atoms. The van der Waals surface area contributed by atoms with Crippen LogP contribution in [-0.2, 0) is 34.2 Å². The van der Waals surface area contributed by atoms with E-state index in [-0.39, 0.29) is 54.4 Å². The minimum Gasteiger partial charge on any atom is -0.497 e. The first-order chi connectivity index (χ1) is 31.0. The summed E-state index contributed by atoms with van der Waals surface area (Å²) in [6.07, 6.45) is 0.169. The Morgan fingerprint density at radius 3 is 2.03 bits per heavy atom. The molecule has 0 spiro atoms. The number of carbonyl (C=O) groups is 3. The number of non-ortho nitro benzene ring substituents is 1. The number of amides is 1. The lowest BCUT2D eigenvalue weighted by molar-refractivity contribution is -0.384. The zero-order valence-corrected chi connectivity index (χ0v) is 35.3. The Kier molecular flexibility index (Phi) is 14.1. The van der Waals surface area contributed by atoms with Gasteiger partial charge in [-0.15, -0.1) is 0 Å². The average molecular weight is 875 g/mol. The van der Waals surface area contributed by atoms with Crippen LogP contribution in [0.15, 0.2) is 114 Å². The van der Waals surface area contributed by atoms with E-state index < -0.39 is 52.4 Å². The first-order valence-corrected chi connectivity index (χ1v) is 20.5. The Bertz CT molecular complexity index is 2590. The van der Waals surface area contributed by atoms with E-state index in [0.29, 0.717) is 30.8 Å². The number of hydrogen-bond donors (Lipinski definition) is 2. The molecule has 18 nitrogen and oxygen atoms in total. The van der Waals surface area contributed by atoms with Crippen LogP contribution < -0.4 is 25.1 Å². The maximum Gasteiger partial charge on any atom is 0.311 e. The van der Waals surface area contributed by atoms with Gasteiger partial charge in [-0.25, -0.2) is 4.98 Å². The number of nitro groups is 1. The monoisotopic (exact) mass is 874 g/mol. The molecule has 1 aliphatic rings. The number of esters is 2. The van der Waals surface area contributed by atoms with E-state index in [2.05, 4.69) is 20.3 Å². The number of fused-ring (bicyclic) bond motifs is 1. The molecule has 1 amide bonds. The molecular formula is C46H46N6O12. The molecule has 6 aromatic rings. The largest absolute Gasteiger partial charge is 0.497 e. The van der Waals surface area contributed by atoms with Crippen LogP contribution in [0, 0.1) is 10.1 Å².